The summed E-state index contributed by atoms with van der Waals surface area (Å²) in [5.74, 6) is -0.261. The van der Waals surface area contributed by atoms with Crippen LogP contribution in [0.15, 0.2) is 66.7 Å². The summed E-state index contributed by atoms with van der Waals surface area (Å²) < 4.78 is 16.5. The van der Waals surface area contributed by atoms with Crippen LogP contribution >= 0.6 is 0 Å². The van der Waals surface area contributed by atoms with Crippen molar-refractivity contribution in [2.24, 2.45) is 11.8 Å². The highest BCUT2D eigenvalue weighted by atomic mass is 16.6. The molecule has 1 aromatic heterocycles. The number of aromatic amines is 1. The summed E-state index contributed by atoms with van der Waals surface area (Å²) >= 11 is 0. The predicted octanol–water partition coefficient (Wildman–Crippen LogP) is 6.18. The number of aliphatic hydroxyl groups excluding tert-OH is 2. The Balaban J connectivity index is 1.31. The Bertz CT molecular complexity index is 1840. The molecular formula is C40H45NO9. The molecule has 0 aliphatic heterocycles. The van der Waals surface area contributed by atoms with Crippen LogP contribution in [0.5, 0.6) is 23.0 Å². The molecule has 264 valence electrons. The average molecular weight is 684 g/mol. The zero-order valence-electron chi connectivity index (χ0n) is 28.4. The summed E-state index contributed by atoms with van der Waals surface area (Å²) in [6.45, 7) is 1.00. The number of rotatable bonds is 13. The maximum Gasteiger partial charge on any atom is 0.303 e. The quantitative estimate of drug-likeness (QED) is 0.104. The summed E-state index contributed by atoms with van der Waals surface area (Å²) in [6.07, 6.45) is 4.02. The number of nitrogens with one attached hydrogen (secondary N) is 1. The highest BCUT2D eigenvalue weighted by Crippen LogP contribution is 2.51. The highest BCUT2D eigenvalue weighted by Gasteiger charge is 2.39. The minimum absolute atomic E-state index is 0.0133. The highest BCUT2D eigenvalue weighted by molar-refractivity contribution is 5.90. The van der Waals surface area contributed by atoms with Crippen molar-refractivity contribution in [3.05, 3.63) is 89.1 Å². The molecular weight excluding hydrogens is 638 g/mol. The standard InChI is InChI=1S/C40H45NO9/c1-23(43)50-40(36(46)15-24-11-12-35(45)39(16-24)49-14-13-42)20-27(44)19-29-28-9-5-3-7-25(28)17-32(30-21-37(47)38(48-2)22-31(29)30)34-18-26-8-4-6-10-33(26)41-34/h4,6,8,10-12,16-18,21-22,25,28-29,36,40-42,45-47H,3,5,7,9,13-15,19-20H2,1-2H3. The summed E-state index contributed by atoms with van der Waals surface area (Å²) in [7, 11) is 1.51. The first kappa shape index (κ1) is 35.0. The van der Waals surface area contributed by atoms with Gasteiger partial charge in [0.2, 0.25) is 0 Å². The van der Waals surface area contributed by atoms with E-state index < -0.39 is 18.2 Å². The molecule has 2 aliphatic carbocycles. The number of aromatic hydroxyl groups is 2. The van der Waals surface area contributed by atoms with E-state index in [1.165, 1.54) is 20.1 Å². The Hall–Kier alpha value is -4.80. The smallest absolute Gasteiger partial charge is 0.303 e. The summed E-state index contributed by atoms with van der Waals surface area (Å²) in [5, 5.41) is 42.6. The first-order chi connectivity index (χ1) is 24.1. The Morgan fingerprint density at radius 3 is 2.54 bits per heavy atom. The third-order valence-corrected chi connectivity index (χ3v) is 10.1. The Labute approximate surface area is 291 Å². The second-order valence-electron chi connectivity index (χ2n) is 13.4. The van der Waals surface area contributed by atoms with Gasteiger partial charge in [-0.1, -0.05) is 43.2 Å². The van der Waals surface area contributed by atoms with Crippen molar-refractivity contribution >= 4 is 28.2 Å². The van der Waals surface area contributed by atoms with Crippen LogP contribution in [0.1, 0.15) is 73.8 Å². The molecule has 4 aromatic rings. The number of hydrogen-bond acceptors (Lipinski definition) is 9. The van der Waals surface area contributed by atoms with Crippen molar-refractivity contribution in [3.63, 3.8) is 0 Å². The first-order valence-electron chi connectivity index (χ1n) is 17.3. The molecule has 1 fully saturated rings. The number of H-pyrrole nitrogens is 1. The largest absolute Gasteiger partial charge is 0.504 e. The number of hydrogen-bond donors (Lipinski definition) is 5. The van der Waals surface area contributed by atoms with E-state index >= 15 is 0 Å². The number of phenolic OH excluding ortho intramolecular Hbond substituents is 2. The fraction of sp³-hybridized carbons (Fsp3) is 0.400. The molecule has 6 rings (SSSR count). The average Bonchev–Trinajstić information content (AvgIpc) is 3.48. The van der Waals surface area contributed by atoms with Crippen molar-refractivity contribution < 1.29 is 44.2 Å². The molecule has 0 radical (unpaired) electrons. The SMILES string of the molecule is COc1cc2c(cc1O)C(c1cc3ccccc3[nH]1)=CC1CCCCC1C2CC(=O)CC(OC(C)=O)C(O)Cc1ccc(O)c(OCCO)c1. The summed E-state index contributed by atoms with van der Waals surface area (Å²) in [4.78, 5) is 29.8. The van der Waals surface area contributed by atoms with Gasteiger partial charge in [-0.25, -0.2) is 0 Å². The van der Waals surface area contributed by atoms with Gasteiger partial charge in [0.1, 0.15) is 18.5 Å². The Morgan fingerprint density at radius 1 is 0.980 bits per heavy atom. The molecule has 2 aliphatic rings. The van der Waals surface area contributed by atoms with Crippen LogP contribution in [0.25, 0.3) is 16.5 Å². The van der Waals surface area contributed by atoms with Crippen LogP contribution in [0.3, 0.4) is 0 Å². The molecule has 0 amide bonds. The zero-order valence-corrected chi connectivity index (χ0v) is 28.4. The van der Waals surface area contributed by atoms with Gasteiger partial charge in [0.15, 0.2) is 23.0 Å². The molecule has 5 N–H and O–H groups in total. The molecule has 0 spiro atoms. The number of aromatic nitrogens is 1. The van der Waals surface area contributed by atoms with Gasteiger partial charge >= 0.3 is 5.97 Å². The topological polar surface area (TPSA) is 159 Å². The summed E-state index contributed by atoms with van der Waals surface area (Å²) in [6, 6.07) is 18.4. The number of allylic oxidation sites excluding steroid dienone is 1. The van der Waals surface area contributed by atoms with Gasteiger partial charge < -0.3 is 39.6 Å². The van der Waals surface area contributed by atoms with Crippen molar-refractivity contribution in [1.29, 1.82) is 0 Å². The summed E-state index contributed by atoms with van der Waals surface area (Å²) in [5.41, 5.74) is 5.27. The lowest BCUT2D eigenvalue weighted by molar-refractivity contribution is -0.154. The number of carbonyl (C=O) groups excluding carboxylic acids is 2. The second kappa shape index (κ2) is 15.4. The molecule has 50 heavy (non-hydrogen) atoms. The second-order valence-corrected chi connectivity index (χ2v) is 13.4. The Kier molecular flexibility index (Phi) is 10.8. The molecule has 1 saturated carbocycles. The lowest BCUT2D eigenvalue weighted by Gasteiger charge is -2.35. The number of ether oxygens (including phenoxy) is 3. The molecule has 5 unspecified atom stereocenters. The maximum atomic E-state index is 14.1. The minimum Gasteiger partial charge on any atom is -0.504 e. The van der Waals surface area contributed by atoms with E-state index in [-0.39, 0.29) is 73.3 Å². The number of para-hydroxylation sites is 1. The van der Waals surface area contributed by atoms with Crippen LogP contribution in [-0.2, 0) is 20.7 Å². The molecule has 0 bridgehead atoms. The van der Waals surface area contributed by atoms with Gasteiger partial charge in [0.25, 0.3) is 0 Å². The number of phenols is 2. The van der Waals surface area contributed by atoms with Gasteiger partial charge in [0.05, 0.1) is 19.8 Å². The fourth-order valence-electron chi connectivity index (χ4n) is 7.78. The molecule has 5 atom stereocenters. The van der Waals surface area contributed by atoms with E-state index in [1.807, 2.05) is 24.3 Å². The van der Waals surface area contributed by atoms with E-state index in [0.717, 1.165) is 59.0 Å². The number of ketones is 1. The first-order valence-corrected chi connectivity index (χ1v) is 17.3. The van der Waals surface area contributed by atoms with Gasteiger partial charge in [-0.15, -0.1) is 0 Å². The maximum absolute atomic E-state index is 14.1. The third kappa shape index (κ3) is 7.66. The lowest BCUT2D eigenvalue weighted by atomic mass is 9.69. The van der Waals surface area contributed by atoms with E-state index in [1.54, 1.807) is 18.2 Å². The van der Waals surface area contributed by atoms with Gasteiger partial charge in [-0.05, 0) is 83.7 Å². The molecule has 0 saturated heterocycles. The van der Waals surface area contributed by atoms with Crippen LogP contribution in [0, 0.1) is 11.8 Å². The number of methoxy groups -OCH3 is 1. The van der Waals surface area contributed by atoms with Crippen LogP contribution in [-0.4, -0.2) is 69.7 Å². The van der Waals surface area contributed by atoms with Crippen molar-refractivity contribution in [2.75, 3.05) is 20.3 Å². The van der Waals surface area contributed by atoms with Gasteiger partial charge in [-0.2, -0.15) is 0 Å². The zero-order chi connectivity index (χ0) is 35.4. The van der Waals surface area contributed by atoms with Crippen molar-refractivity contribution in [1.82, 2.24) is 4.98 Å². The predicted molar refractivity (Wildman–Crippen MR) is 188 cm³/mol. The normalized spacial score (nSPS) is 19.8. The number of esters is 1. The van der Waals surface area contributed by atoms with Gasteiger partial charge in [0, 0.05) is 48.4 Å². The molecule has 3 aromatic carbocycles. The van der Waals surface area contributed by atoms with Crippen LogP contribution in [0.4, 0.5) is 0 Å². The molecule has 10 nitrogen and oxygen atoms in total. The monoisotopic (exact) mass is 683 g/mol. The number of fused-ring (bicyclic) bond motifs is 3. The van der Waals surface area contributed by atoms with E-state index in [2.05, 4.69) is 23.2 Å². The Morgan fingerprint density at radius 2 is 1.78 bits per heavy atom. The van der Waals surface area contributed by atoms with E-state index in [9.17, 15) is 24.9 Å². The third-order valence-electron chi connectivity index (χ3n) is 10.1. The van der Waals surface area contributed by atoms with Gasteiger partial charge in [-0.3, -0.25) is 9.59 Å². The minimum atomic E-state index is -1.21. The lowest BCUT2D eigenvalue weighted by Crippen LogP contribution is -2.35. The fourth-order valence-corrected chi connectivity index (χ4v) is 7.78. The van der Waals surface area contributed by atoms with E-state index in [0.29, 0.717) is 11.3 Å². The molecule has 1 heterocycles. The van der Waals surface area contributed by atoms with Crippen LogP contribution in [0.2, 0.25) is 0 Å². The number of aliphatic hydroxyl groups is 2. The molecule has 10 heteroatoms. The number of benzene rings is 3. The van der Waals surface area contributed by atoms with E-state index in [4.69, 9.17) is 19.3 Å². The number of carbonyl (C=O) groups is 2. The van der Waals surface area contributed by atoms with Crippen molar-refractivity contribution in [2.45, 2.75) is 70.0 Å². The number of Topliss-reactive ketones (excluding diaryl/α,β-unsaturated/α-hetero) is 1. The van der Waals surface area contributed by atoms with Crippen molar-refractivity contribution in [3.8, 4) is 23.0 Å². The van der Waals surface area contributed by atoms with Crippen LogP contribution < -0.4 is 9.47 Å².